The first-order valence-corrected chi connectivity index (χ1v) is 12.4. The summed E-state index contributed by atoms with van der Waals surface area (Å²) in [7, 11) is -1.92. The second kappa shape index (κ2) is 10.2. The number of nitrogens with one attached hydrogen (secondary N) is 1. The summed E-state index contributed by atoms with van der Waals surface area (Å²) in [6, 6.07) is 1.49. The van der Waals surface area contributed by atoms with Crippen molar-refractivity contribution in [2.45, 2.75) is 50.8 Å². The van der Waals surface area contributed by atoms with E-state index in [-0.39, 0.29) is 29.2 Å². The Labute approximate surface area is 193 Å². The number of ether oxygens (including phenoxy) is 3. The van der Waals surface area contributed by atoms with Gasteiger partial charge in [0.15, 0.2) is 20.7 Å². The third kappa shape index (κ3) is 6.21. The Bertz CT molecular complexity index is 1100. The average Bonchev–Trinajstić information content (AvgIpc) is 2.74. The number of carbonyl (C=O) groups is 1. The molecule has 1 fully saturated rings. The molecule has 0 bridgehead atoms. The summed E-state index contributed by atoms with van der Waals surface area (Å²) in [5.74, 6) is 0.944. The van der Waals surface area contributed by atoms with Crippen molar-refractivity contribution in [2.24, 2.45) is 0 Å². The standard InChI is InChI=1S/C21H29N5O6S/c1-13(2)31-21(27)26-8-6-15(7-9-26)32-20-18(30-4)19(23-12-24-20)25-16-11-22-17(10-14(16)3)33(5,28)29/h10-13,15H,6-9H2,1-5H3,(H,23,24,25). The van der Waals surface area contributed by atoms with Crippen LogP contribution in [0, 0.1) is 6.92 Å². The Balaban J connectivity index is 1.71. The monoisotopic (exact) mass is 479 g/mol. The average molecular weight is 480 g/mol. The summed E-state index contributed by atoms with van der Waals surface area (Å²) in [5.41, 5.74) is 1.25. The van der Waals surface area contributed by atoms with Crippen molar-refractivity contribution in [3.05, 3.63) is 24.2 Å². The van der Waals surface area contributed by atoms with Gasteiger partial charge in [-0.3, -0.25) is 0 Å². The number of amides is 1. The van der Waals surface area contributed by atoms with E-state index in [2.05, 4.69) is 20.3 Å². The molecule has 2 aromatic heterocycles. The van der Waals surface area contributed by atoms with Crippen molar-refractivity contribution in [2.75, 3.05) is 31.8 Å². The zero-order chi connectivity index (χ0) is 24.2. The molecule has 1 aliphatic heterocycles. The first kappa shape index (κ1) is 24.5. The lowest BCUT2D eigenvalue weighted by atomic mass is 10.1. The molecule has 33 heavy (non-hydrogen) atoms. The van der Waals surface area contributed by atoms with Crippen molar-refractivity contribution in [1.82, 2.24) is 19.9 Å². The van der Waals surface area contributed by atoms with Crippen LogP contribution in [0.4, 0.5) is 16.3 Å². The number of piperidine rings is 1. The highest BCUT2D eigenvalue weighted by Crippen LogP contribution is 2.35. The van der Waals surface area contributed by atoms with Crippen LogP contribution in [0.3, 0.4) is 0 Å². The summed E-state index contributed by atoms with van der Waals surface area (Å²) in [4.78, 5) is 26.2. The fourth-order valence-electron chi connectivity index (χ4n) is 3.30. The van der Waals surface area contributed by atoms with Gasteiger partial charge in [-0.15, -0.1) is 0 Å². The van der Waals surface area contributed by atoms with Crippen molar-refractivity contribution >= 4 is 27.4 Å². The Kier molecular flexibility index (Phi) is 7.57. The van der Waals surface area contributed by atoms with Crippen LogP contribution in [0.5, 0.6) is 11.6 Å². The minimum absolute atomic E-state index is 0.00663. The van der Waals surface area contributed by atoms with Gasteiger partial charge in [0, 0.05) is 32.2 Å². The quantitative estimate of drug-likeness (QED) is 0.632. The zero-order valence-electron chi connectivity index (χ0n) is 19.4. The molecule has 11 nitrogen and oxygen atoms in total. The molecule has 1 aliphatic rings. The van der Waals surface area contributed by atoms with Crippen LogP contribution in [0.2, 0.25) is 0 Å². The number of aromatic nitrogens is 3. The molecule has 0 unspecified atom stereocenters. The van der Waals surface area contributed by atoms with Crippen molar-refractivity contribution < 1.29 is 27.4 Å². The van der Waals surface area contributed by atoms with Gasteiger partial charge in [0.25, 0.3) is 5.88 Å². The summed E-state index contributed by atoms with van der Waals surface area (Å²) < 4.78 is 40.3. The molecule has 0 spiro atoms. The number of likely N-dealkylation sites (tertiary alicyclic amines) is 1. The van der Waals surface area contributed by atoms with Gasteiger partial charge in [0.2, 0.25) is 5.75 Å². The van der Waals surface area contributed by atoms with Crippen LogP contribution < -0.4 is 14.8 Å². The predicted octanol–water partition coefficient (Wildman–Crippen LogP) is 2.72. The highest BCUT2D eigenvalue weighted by molar-refractivity contribution is 7.90. The molecule has 0 saturated carbocycles. The van der Waals surface area contributed by atoms with Crippen LogP contribution in [-0.2, 0) is 14.6 Å². The van der Waals surface area contributed by atoms with E-state index in [0.29, 0.717) is 48.7 Å². The number of nitrogens with zero attached hydrogens (tertiary/aromatic N) is 4. The summed E-state index contributed by atoms with van der Waals surface area (Å²) >= 11 is 0. The SMILES string of the molecule is COc1c(Nc2cnc(S(C)(=O)=O)cc2C)ncnc1OC1CCN(C(=O)OC(C)C)CC1. The molecule has 0 radical (unpaired) electrons. The number of anilines is 2. The first-order chi connectivity index (χ1) is 15.6. The molecule has 0 aliphatic carbocycles. The lowest BCUT2D eigenvalue weighted by molar-refractivity contribution is 0.0500. The Morgan fingerprint density at radius 1 is 1.21 bits per heavy atom. The number of carbonyl (C=O) groups excluding carboxylic acids is 1. The number of sulfone groups is 1. The Morgan fingerprint density at radius 2 is 1.91 bits per heavy atom. The maximum atomic E-state index is 12.1. The predicted molar refractivity (Wildman–Crippen MR) is 121 cm³/mol. The van der Waals surface area contributed by atoms with Gasteiger partial charge in [-0.25, -0.2) is 23.2 Å². The summed E-state index contributed by atoms with van der Waals surface area (Å²) in [6.07, 6.45) is 4.50. The topological polar surface area (TPSA) is 133 Å². The maximum absolute atomic E-state index is 12.1. The van der Waals surface area contributed by atoms with Crippen LogP contribution in [0.15, 0.2) is 23.6 Å². The molecule has 0 atom stereocenters. The maximum Gasteiger partial charge on any atom is 0.410 e. The largest absolute Gasteiger partial charge is 0.489 e. The van der Waals surface area contributed by atoms with Gasteiger partial charge in [-0.1, -0.05) is 0 Å². The van der Waals surface area contributed by atoms with E-state index in [1.807, 2.05) is 13.8 Å². The lowest BCUT2D eigenvalue weighted by Crippen LogP contribution is -2.42. The number of rotatable bonds is 7. The Hall–Kier alpha value is -3.15. The molecular weight excluding hydrogens is 450 g/mol. The second-order valence-electron chi connectivity index (χ2n) is 8.03. The number of hydrogen-bond acceptors (Lipinski definition) is 10. The minimum Gasteiger partial charge on any atom is -0.489 e. The molecule has 3 heterocycles. The van der Waals surface area contributed by atoms with E-state index >= 15 is 0 Å². The molecule has 1 amide bonds. The summed E-state index contributed by atoms with van der Waals surface area (Å²) in [5, 5.41) is 3.10. The van der Waals surface area contributed by atoms with Crippen LogP contribution >= 0.6 is 0 Å². The van der Waals surface area contributed by atoms with E-state index in [9.17, 15) is 13.2 Å². The fourth-order valence-corrected chi connectivity index (χ4v) is 3.93. The zero-order valence-corrected chi connectivity index (χ0v) is 20.2. The Morgan fingerprint density at radius 3 is 2.48 bits per heavy atom. The molecule has 1 saturated heterocycles. The van der Waals surface area contributed by atoms with Gasteiger partial charge in [-0.05, 0) is 32.4 Å². The van der Waals surface area contributed by atoms with Gasteiger partial charge >= 0.3 is 6.09 Å². The highest BCUT2D eigenvalue weighted by Gasteiger charge is 2.27. The van der Waals surface area contributed by atoms with E-state index < -0.39 is 9.84 Å². The molecular formula is C21H29N5O6S. The van der Waals surface area contributed by atoms with Crippen molar-refractivity contribution in [3.63, 3.8) is 0 Å². The lowest BCUT2D eigenvalue weighted by Gasteiger charge is -2.31. The molecule has 2 aromatic rings. The van der Waals surface area contributed by atoms with Gasteiger partial charge < -0.3 is 24.4 Å². The summed E-state index contributed by atoms with van der Waals surface area (Å²) in [6.45, 7) is 6.44. The van der Waals surface area contributed by atoms with E-state index in [1.54, 1.807) is 11.8 Å². The van der Waals surface area contributed by atoms with Gasteiger partial charge in [0.05, 0.1) is 25.1 Å². The molecule has 1 N–H and O–H groups in total. The van der Waals surface area contributed by atoms with E-state index in [1.165, 1.54) is 25.7 Å². The van der Waals surface area contributed by atoms with Crippen molar-refractivity contribution in [3.8, 4) is 11.6 Å². The fraction of sp³-hybridized carbons (Fsp3) is 0.524. The molecule has 3 rings (SSSR count). The smallest absolute Gasteiger partial charge is 0.410 e. The normalized spacial score (nSPS) is 14.8. The highest BCUT2D eigenvalue weighted by atomic mass is 32.2. The molecule has 180 valence electrons. The van der Waals surface area contributed by atoms with Crippen LogP contribution in [0.1, 0.15) is 32.3 Å². The number of hydrogen-bond donors (Lipinski definition) is 1. The third-order valence-electron chi connectivity index (χ3n) is 5.01. The van der Waals surface area contributed by atoms with E-state index in [4.69, 9.17) is 14.2 Å². The van der Waals surface area contributed by atoms with Gasteiger partial charge in [-0.2, -0.15) is 4.98 Å². The second-order valence-corrected chi connectivity index (χ2v) is 9.99. The number of aryl methyl sites for hydroxylation is 1. The first-order valence-electron chi connectivity index (χ1n) is 10.5. The third-order valence-corrected chi connectivity index (χ3v) is 5.99. The van der Waals surface area contributed by atoms with Crippen LogP contribution in [0.25, 0.3) is 0 Å². The molecule has 12 heteroatoms. The van der Waals surface area contributed by atoms with Crippen molar-refractivity contribution in [1.29, 1.82) is 0 Å². The number of pyridine rings is 1. The van der Waals surface area contributed by atoms with E-state index in [0.717, 1.165) is 6.26 Å². The van der Waals surface area contributed by atoms with Crippen LogP contribution in [-0.4, -0.2) is 73.0 Å². The van der Waals surface area contributed by atoms with Gasteiger partial charge in [0.1, 0.15) is 12.4 Å². The number of methoxy groups -OCH3 is 1. The minimum atomic E-state index is -3.41. The molecule has 0 aromatic carbocycles.